The molecular formula is C20H32ClIN4O2. The van der Waals surface area contributed by atoms with E-state index in [1.165, 1.54) is 38.5 Å². The molecule has 28 heavy (non-hydrogen) atoms. The van der Waals surface area contributed by atoms with E-state index in [0.717, 1.165) is 0 Å². The lowest BCUT2D eigenvalue weighted by Gasteiger charge is -2.17. The summed E-state index contributed by atoms with van der Waals surface area (Å²) >= 11 is 6.02. The number of rotatable bonds is 8. The number of nitrogens with one attached hydrogen (secondary N) is 3. The van der Waals surface area contributed by atoms with Crippen LogP contribution in [0.5, 0.6) is 0 Å². The molecule has 1 saturated carbocycles. The molecule has 0 atom stereocenters. The van der Waals surface area contributed by atoms with Crippen molar-refractivity contribution in [3.05, 3.63) is 34.9 Å². The Morgan fingerprint density at radius 2 is 1.71 bits per heavy atom. The molecule has 0 aliphatic heterocycles. The summed E-state index contributed by atoms with van der Waals surface area (Å²) < 4.78 is 5.96. The van der Waals surface area contributed by atoms with Crippen LogP contribution in [0, 0.1) is 0 Å². The molecule has 1 aliphatic rings. The maximum atomic E-state index is 12.1. The van der Waals surface area contributed by atoms with Gasteiger partial charge in [0, 0.05) is 26.7 Å². The lowest BCUT2D eigenvalue weighted by Crippen LogP contribution is -2.42. The summed E-state index contributed by atoms with van der Waals surface area (Å²) in [7, 11) is 1.73. The Morgan fingerprint density at radius 1 is 1.07 bits per heavy atom. The Kier molecular flexibility index (Phi) is 13.3. The smallest absolute Gasteiger partial charge is 0.252 e. The van der Waals surface area contributed by atoms with Crippen molar-refractivity contribution in [3.8, 4) is 0 Å². The molecular weight excluding hydrogens is 491 g/mol. The van der Waals surface area contributed by atoms with Gasteiger partial charge in [-0.05, 0) is 25.0 Å². The second-order valence-electron chi connectivity index (χ2n) is 6.65. The summed E-state index contributed by atoms with van der Waals surface area (Å²) in [5.41, 5.74) is 0.484. The number of hydrogen-bond acceptors (Lipinski definition) is 3. The third-order valence-electron chi connectivity index (χ3n) is 4.60. The van der Waals surface area contributed by atoms with Crippen LogP contribution in [0.4, 0.5) is 0 Å². The average Bonchev–Trinajstić information content (AvgIpc) is 2.95. The van der Waals surface area contributed by atoms with Gasteiger partial charge in [0.05, 0.1) is 23.3 Å². The molecule has 3 N–H and O–H groups in total. The summed E-state index contributed by atoms with van der Waals surface area (Å²) in [6, 6.07) is 7.01. The Hall–Kier alpha value is -1.06. The van der Waals surface area contributed by atoms with Gasteiger partial charge < -0.3 is 20.7 Å². The average molecular weight is 523 g/mol. The van der Waals surface area contributed by atoms with E-state index in [2.05, 4.69) is 20.9 Å². The highest BCUT2D eigenvalue weighted by Gasteiger charge is 2.12. The molecule has 1 aromatic rings. The van der Waals surface area contributed by atoms with Crippen molar-refractivity contribution >= 4 is 47.4 Å². The highest BCUT2D eigenvalue weighted by molar-refractivity contribution is 14.0. The van der Waals surface area contributed by atoms with E-state index in [1.807, 2.05) is 0 Å². The van der Waals surface area contributed by atoms with E-state index < -0.39 is 0 Å². The van der Waals surface area contributed by atoms with E-state index in [9.17, 15) is 4.79 Å². The number of nitrogens with zero attached hydrogens (tertiary/aromatic N) is 1. The lowest BCUT2D eigenvalue weighted by atomic mass is 10.1. The van der Waals surface area contributed by atoms with Crippen molar-refractivity contribution in [1.82, 2.24) is 16.0 Å². The third-order valence-corrected chi connectivity index (χ3v) is 4.92. The van der Waals surface area contributed by atoms with E-state index in [1.54, 1.807) is 31.3 Å². The van der Waals surface area contributed by atoms with Crippen molar-refractivity contribution in [2.24, 2.45) is 4.99 Å². The summed E-state index contributed by atoms with van der Waals surface area (Å²) in [5.74, 6) is 0.522. The third kappa shape index (κ3) is 9.43. The number of ether oxygens (including phenoxy) is 1. The summed E-state index contributed by atoms with van der Waals surface area (Å²) in [5, 5.41) is 9.70. The number of carbonyl (C=O) groups excluding carboxylic acids is 1. The topological polar surface area (TPSA) is 74.8 Å². The van der Waals surface area contributed by atoms with Crippen LogP contribution >= 0.6 is 35.6 Å². The molecule has 8 heteroatoms. The normalized spacial score (nSPS) is 15.3. The summed E-state index contributed by atoms with van der Waals surface area (Å²) in [4.78, 5) is 16.3. The number of benzene rings is 1. The second kappa shape index (κ2) is 14.9. The Morgan fingerprint density at radius 3 is 2.39 bits per heavy atom. The predicted octanol–water partition coefficient (Wildman–Crippen LogP) is 3.59. The van der Waals surface area contributed by atoms with E-state index in [4.69, 9.17) is 16.3 Å². The van der Waals surface area contributed by atoms with Crippen LogP contribution < -0.4 is 16.0 Å². The number of hydrogen-bond donors (Lipinski definition) is 3. The number of amides is 1. The van der Waals surface area contributed by atoms with Crippen LogP contribution in [0.2, 0.25) is 5.02 Å². The minimum atomic E-state index is -0.179. The van der Waals surface area contributed by atoms with E-state index >= 15 is 0 Å². The maximum absolute atomic E-state index is 12.1. The molecule has 1 fully saturated rings. The molecule has 0 saturated heterocycles. The highest BCUT2D eigenvalue weighted by Crippen LogP contribution is 2.19. The molecule has 0 spiro atoms. The zero-order valence-corrected chi connectivity index (χ0v) is 19.6. The first-order chi connectivity index (χ1) is 13.2. The molecule has 2 rings (SSSR count). The van der Waals surface area contributed by atoms with Crippen LogP contribution in [0.1, 0.15) is 48.9 Å². The van der Waals surface area contributed by atoms with Gasteiger partial charge in [-0.25, -0.2) is 0 Å². The molecule has 0 unspecified atom stereocenters. The SMILES string of the molecule is CN=C(NCCNC(=O)c1ccccc1Cl)NCCOC1CCCCCC1.I. The van der Waals surface area contributed by atoms with Crippen LogP contribution in [-0.4, -0.2) is 51.3 Å². The van der Waals surface area contributed by atoms with Crippen molar-refractivity contribution in [3.63, 3.8) is 0 Å². The number of halogens is 2. The molecule has 0 heterocycles. The van der Waals surface area contributed by atoms with Crippen LogP contribution in [0.15, 0.2) is 29.3 Å². The van der Waals surface area contributed by atoms with E-state index in [-0.39, 0.29) is 29.9 Å². The maximum Gasteiger partial charge on any atom is 0.252 e. The first-order valence-electron chi connectivity index (χ1n) is 9.79. The molecule has 1 aromatic carbocycles. The number of guanidine groups is 1. The van der Waals surface area contributed by atoms with Gasteiger partial charge in [0.25, 0.3) is 5.91 Å². The zero-order chi connectivity index (χ0) is 19.3. The Labute approximate surface area is 190 Å². The monoisotopic (exact) mass is 522 g/mol. The van der Waals surface area contributed by atoms with Crippen molar-refractivity contribution in [1.29, 1.82) is 0 Å². The number of aliphatic imine (C=N–C) groups is 1. The molecule has 1 amide bonds. The van der Waals surface area contributed by atoms with Gasteiger partial charge in [-0.15, -0.1) is 24.0 Å². The fourth-order valence-corrected chi connectivity index (χ4v) is 3.34. The molecule has 0 radical (unpaired) electrons. The minimum Gasteiger partial charge on any atom is -0.376 e. The fraction of sp³-hybridized carbons (Fsp3) is 0.600. The number of carbonyl (C=O) groups is 1. The summed E-state index contributed by atoms with van der Waals surface area (Å²) in [6.07, 6.45) is 7.99. The second-order valence-corrected chi connectivity index (χ2v) is 7.05. The highest BCUT2D eigenvalue weighted by atomic mass is 127. The largest absolute Gasteiger partial charge is 0.376 e. The van der Waals surface area contributed by atoms with Gasteiger partial charge in [-0.3, -0.25) is 9.79 Å². The van der Waals surface area contributed by atoms with Crippen LogP contribution in [0.25, 0.3) is 0 Å². The zero-order valence-electron chi connectivity index (χ0n) is 16.5. The predicted molar refractivity (Wildman–Crippen MR) is 126 cm³/mol. The first kappa shape index (κ1) is 25.0. The molecule has 0 aromatic heterocycles. The van der Waals surface area contributed by atoms with Crippen molar-refractivity contribution in [2.45, 2.75) is 44.6 Å². The van der Waals surface area contributed by atoms with Gasteiger partial charge in [-0.1, -0.05) is 49.4 Å². The Balaban J connectivity index is 0.00000392. The standard InChI is InChI=1S/C20H31ClN4O2.HI/c1-22-20(25-14-15-27-16-8-4-2-3-5-9-16)24-13-12-23-19(26)17-10-6-7-11-18(17)21;/h6-7,10-11,16H,2-5,8-9,12-15H2,1H3,(H,23,26)(H2,22,24,25);1H. The quantitative estimate of drug-likeness (QED) is 0.160. The molecule has 0 bridgehead atoms. The van der Waals surface area contributed by atoms with Crippen LogP contribution in [0.3, 0.4) is 0 Å². The first-order valence-corrected chi connectivity index (χ1v) is 10.2. The molecule has 1 aliphatic carbocycles. The van der Waals surface area contributed by atoms with Gasteiger partial charge in [0.2, 0.25) is 0 Å². The van der Waals surface area contributed by atoms with Gasteiger partial charge in [0.1, 0.15) is 0 Å². The van der Waals surface area contributed by atoms with Crippen molar-refractivity contribution in [2.75, 3.05) is 33.3 Å². The Bertz CT molecular complexity index is 608. The fourth-order valence-electron chi connectivity index (χ4n) is 3.12. The summed E-state index contributed by atoms with van der Waals surface area (Å²) in [6.45, 7) is 2.43. The van der Waals surface area contributed by atoms with Crippen LogP contribution in [-0.2, 0) is 4.74 Å². The van der Waals surface area contributed by atoms with Gasteiger partial charge >= 0.3 is 0 Å². The minimum absolute atomic E-state index is 0. The molecule has 6 nitrogen and oxygen atoms in total. The van der Waals surface area contributed by atoms with E-state index in [0.29, 0.717) is 48.9 Å². The van der Waals surface area contributed by atoms with Crippen molar-refractivity contribution < 1.29 is 9.53 Å². The lowest BCUT2D eigenvalue weighted by molar-refractivity contribution is 0.0468. The van der Waals surface area contributed by atoms with Gasteiger partial charge in [0.15, 0.2) is 5.96 Å². The van der Waals surface area contributed by atoms with Gasteiger partial charge in [-0.2, -0.15) is 0 Å². The molecule has 158 valence electrons.